The molecule has 0 saturated heterocycles. The molecule has 0 radical (unpaired) electrons. The Morgan fingerprint density at radius 1 is 2.00 bits per heavy atom. The van der Waals surface area contributed by atoms with Crippen LogP contribution in [0.2, 0.25) is 0 Å². The molecule has 6 heavy (non-hydrogen) atoms. The summed E-state index contributed by atoms with van der Waals surface area (Å²) >= 11 is 0. The van der Waals surface area contributed by atoms with Crippen LogP contribution in [0.5, 0.6) is 0 Å². The molecule has 0 spiro atoms. The van der Waals surface area contributed by atoms with Gasteiger partial charge in [0.2, 0.25) is 0 Å². The van der Waals surface area contributed by atoms with Crippen LogP contribution < -0.4 is 11.2 Å². The number of carbonyl (C=O) groups is 1. The van der Waals surface area contributed by atoms with Crippen LogP contribution in [0.4, 0.5) is 4.79 Å². The molecule has 36 valence electrons. The standard InChI is InChI=1S/CH6N2O2Si/c2-1(4)3-5-6/h6H3,(H3,2,3,4). The summed E-state index contributed by atoms with van der Waals surface area (Å²) < 4.78 is 4.22. The van der Waals surface area contributed by atoms with Crippen molar-refractivity contribution in [1.82, 2.24) is 5.48 Å². The Labute approximate surface area is 38.2 Å². The molecule has 3 N–H and O–H groups in total. The Morgan fingerprint density at radius 2 is 2.50 bits per heavy atom. The third-order valence-corrected chi connectivity index (χ3v) is 0.407. The fraction of sp³-hybridized carbons (Fsp3) is 0. The zero-order chi connectivity index (χ0) is 4.99. The molecule has 0 saturated carbocycles. The third kappa shape index (κ3) is 3.45. The first kappa shape index (κ1) is 5.45. The van der Waals surface area contributed by atoms with Gasteiger partial charge in [-0.05, 0) is 0 Å². The van der Waals surface area contributed by atoms with Gasteiger partial charge in [0.15, 0.2) is 10.5 Å². The molecule has 0 heterocycles. The molecule has 4 nitrogen and oxygen atoms in total. The summed E-state index contributed by atoms with van der Waals surface area (Å²) in [6.45, 7) is 0. The molecule has 0 aromatic heterocycles. The Morgan fingerprint density at radius 3 is 2.50 bits per heavy atom. The molecule has 0 bridgehead atoms. The molecule has 0 fully saturated rings. The van der Waals surface area contributed by atoms with Gasteiger partial charge in [0.1, 0.15) is 0 Å². The molecular weight excluding hydrogens is 100 g/mol. The number of hydrogen-bond donors (Lipinski definition) is 2. The highest BCUT2D eigenvalue weighted by atomic mass is 28.2. The lowest BCUT2D eigenvalue weighted by atomic mass is 11.2. The minimum absolute atomic E-state index is 0.475. The number of hydroxylamine groups is 1. The van der Waals surface area contributed by atoms with E-state index in [0.29, 0.717) is 10.5 Å². The molecule has 0 aliphatic heterocycles. The van der Waals surface area contributed by atoms with Crippen molar-refractivity contribution in [2.24, 2.45) is 5.73 Å². The number of primary amides is 1. The number of nitrogens with two attached hydrogens (primary N) is 1. The number of urea groups is 1. The summed E-state index contributed by atoms with van der Waals surface area (Å²) in [5.41, 5.74) is 6.46. The lowest BCUT2D eigenvalue weighted by Crippen LogP contribution is -2.28. The zero-order valence-electron chi connectivity index (χ0n) is 3.39. The number of rotatable bonds is 1. The average molecular weight is 106 g/mol. The average Bonchev–Trinajstić information content (AvgIpc) is 1.35. The van der Waals surface area contributed by atoms with Gasteiger partial charge in [0.05, 0.1) is 0 Å². The first-order valence-corrected chi connectivity index (χ1v) is 2.17. The van der Waals surface area contributed by atoms with Gasteiger partial charge in [-0.25, -0.2) is 10.3 Å². The third-order valence-electron chi connectivity index (χ3n) is 0.203. The van der Waals surface area contributed by atoms with E-state index in [4.69, 9.17) is 0 Å². The van der Waals surface area contributed by atoms with E-state index in [1.807, 2.05) is 5.48 Å². The lowest BCUT2D eigenvalue weighted by molar-refractivity contribution is 0.195. The Hall–Kier alpha value is -0.553. The van der Waals surface area contributed by atoms with Crippen molar-refractivity contribution in [1.29, 1.82) is 0 Å². The van der Waals surface area contributed by atoms with Crippen LogP contribution in [0.1, 0.15) is 0 Å². The van der Waals surface area contributed by atoms with Gasteiger partial charge in [0, 0.05) is 0 Å². The van der Waals surface area contributed by atoms with Crippen LogP contribution in [0.15, 0.2) is 0 Å². The molecule has 0 atom stereocenters. The molecule has 0 aliphatic rings. The first-order chi connectivity index (χ1) is 2.77. The van der Waals surface area contributed by atoms with Crippen LogP contribution in [0.3, 0.4) is 0 Å². The number of carbonyl (C=O) groups excluding carboxylic acids is 1. The zero-order valence-corrected chi connectivity index (χ0v) is 5.39. The number of nitrogens with one attached hydrogen (secondary N) is 1. The first-order valence-electron chi connectivity index (χ1n) is 1.36. The molecule has 0 aliphatic carbocycles. The van der Waals surface area contributed by atoms with Gasteiger partial charge in [0.25, 0.3) is 0 Å². The summed E-state index contributed by atoms with van der Waals surface area (Å²) in [4.78, 5) is 9.61. The van der Waals surface area contributed by atoms with Crippen LogP contribution in [0, 0.1) is 0 Å². The van der Waals surface area contributed by atoms with E-state index in [1.165, 1.54) is 0 Å². The van der Waals surface area contributed by atoms with Crippen LogP contribution in [-0.2, 0) is 4.53 Å². The SMILES string of the molecule is NC(=O)NO[SiH3]. The molecule has 5 heteroatoms. The Bertz CT molecular complexity index is 55.5. The molecule has 0 aromatic rings. The van der Waals surface area contributed by atoms with E-state index in [0.717, 1.165) is 0 Å². The Kier molecular flexibility index (Phi) is 2.43. The topological polar surface area (TPSA) is 64.4 Å². The number of hydrogen-bond acceptors (Lipinski definition) is 2. The summed E-state index contributed by atoms with van der Waals surface area (Å²) in [7, 11) is 0.475. The normalized spacial score (nSPS) is 8.00. The minimum Gasteiger partial charge on any atom is -0.350 e. The van der Waals surface area contributed by atoms with Crippen molar-refractivity contribution < 1.29 is 9.32 Å². The highest BCUT2D eigenvalue weighted by Gasteiger charge is 1.79. The summed E-state index contributed by atoms with van der Waals surface area (Å²) in [6.07, 6.45) is 0. The quantitative estimate of drug-likeness (QED) is 0.296. The molecular formula is CH6N2O2Si. The maximum Gasteiger partial charge on any atom is 0.335 e. The van der Waals surface area contributed by atoms with Crippen molar-refractivity contribution in [3.63, 3.8) is 0 Å². The second-order valence-electron chi connectivity index (χ2n) is 0.670. The second-order valence-corrected chi connectivity index (χ2v) is 1.08. The highest BCUT2D eigenvalue weighted by molar-refractivity contribution is 5.98. The summed E-state index contributed by atoms with van der Waals surface area (Å²) in [5.74, 6) is 0. The van der Waals surface area contributed by atoms with E-state index in [9.17, 15) is 4.79 Å². The molecule has 0 unspecified atom stereocenters. The predicted octanol–water partition coefficient (Wildman–Crippen LogP) is -2.13. The van der Waals surface area contributed by atoms with E-state index in [1.54, 1.807) is 0 Å². The van der Waals surface area contributed by atoms with Gasteiger partial charge in [-0.2, -0.15) is 0 Å². The monoisotopic (exact) mass is 106 g/mol. The van der Waals surface area contributed by atoms with Gasteiger partial charge < -0.3 is 10.3 Å². The van der Waals surface area contributed by atoms with Crippen molar-refractivity contribution in [2.75, 3.05) is 0 Å². The minimum atomic E-state index is -0.648. The molecule has 2 amide bonds. The maximum atomic E-state index is 9.61. The Balaban J connectivity index is 2.83. The maximum absolute atomic E-state index is 9.61. The van der Waals surface area contributed by atoms with Crippen LogP contribution >= 0.6 is 0 Å². The predicted molar refractivity (Wildman–Crippen MR) is 23.7 cm³/mol. The van der Waals surface area contributed by atoms with E-state index in [-0.39, 0.29) is 0 Å². The van der Waals surface area contributed by atoms with Gasteiger partial charge >= 0.3 is 6.03 Å². The fourth-order valence-electron chi connectivity index (χ4n) is 0.101. The van der Waals surface area contributed by atoms with Gasteiger partial charge in [-0.15, -0.1) is 0 Å². The van der Waals surface area contributed by atoms with Gasteiger partial charge in [-0.3, -0.25) is 0 Å². The second kappa shape index (κ2) is 2.67. The smallest absolute Gasteiger partial charge is 0.335 e. The summed E-state index contributed by atoms with van der Waals surface area (Å²) in [6, 6.07) is -0.648. The molecule has 0 rings (SSSR count). The van der Waals surface area contributed by atoms with Crippen molar-refractivity contribution in [2.45, 2.75) is 0 Å². The number of amides is 2. The van der Waals surface area contributed by atoms with E-state index in [2.05, 4.69) is 10.3 Å². The molecule has 0 aromatic carbocycles. The van der Waals surface area contributed by atoms with Crippen LogP contribution in [0.25, 0.3) is 0 Å². The van der Waals surface area contributed by atoms with Crippen molar-refractivity contribution in [3.8, 4) is 0 Å². The largest absolute Gasteiger partial charge is 0.350 e. The van der Waals surface area contributed by atoms with Gasteiger partial charge in [-0.1, -0.05) is 0 Å². The van der Waals surface area contributed by atoms with E-state index < -0.39 is 6.03 Å². The van der Waals surface area contributed by atoms with Crippen molar-refractivity contribution in [3.05, 3.63) is 0 Å². The van der Waals surface area contributed by atoms with Crippen molar-refractivity contribution >= 4 is 16.5 Å². The fourth-order valence-corrected chi connectivity index (χ4v) is 0.302. The lowest BCUT2D eigenvalue weighted by Gasteiger charge is -1.91. The summed E-state index contributed by atoms with van der Waals surface area (Å²) in [5, 5.41) is 0. The van der Waals surface area contributed by atoms with Crippen LogP contribution in [-0.4, -0.2) is 16.5 Å². The highest BCUT2D eigenvalue weighted by Crippen LogP contribution is 1.48. The van der Waals surface area contributed by atoms with E-state index >= 15 is 0 Å².